The molecule has 4 nitrogen and oxygen atoms in total. The Morgan fingerprint density at radius 3 is 1.61 bits per heavy atom. The number of benzene rings is 8. The monoisotopic (exact) mass is 739 g/mol. The van der Waals surface area contributed by atoms with Gasteiger partial charge >= 0.3 is 0 Å². The molecular formula is C51H31N3OS. The van der Waals surface area contributed by atoms with Crippen molar-refractivity contribution in [3.63, 3.8) is 0 Å². The fourth-order valence-corrected chi connectivity index (χ4v) is 8.27. The van der Waals surface area contributed by atoms with Gasteiger partial charge in [0.05, 0.1) is 8.22 Å². The minimum absolute atomic E-state index is 0.0119. The van der Waals surface area contributed by atoms with Crippen LogP contribution in [0.3, 0.4) is 0 Å². The quantitative estimate of drug-likeness (QED) is 0.170. The van der Waals surface area contributed by atoms with Crippen molar-refractivity contribution in [3.8, 4) is 67.5 Å². The molecule has 0 saturated carbocycles. The fraction of sp³-hybridized carbons (Fsp3) is 0. The summed E-state index contributed by atoms with van der Waals surface area (Å²) in [6.45, 7) is 0. The van der Waals surface area contributed by atoms with E-state index in [0.29, 0.717) is 37.7 Å². The largest absolute Gasteiger partial charge is 0.455 e. The van der Waals surface area contributed by atoms with Crippen molar-refractivity contribution in [2.24, 2.45) is 0 Å². The third-order valence-electron chi connectivity index (χ3n) is 10.0. The summed E-state index contributed by atoms with van der Waals surface area (Å²) in [5.41, 5.74) is 7.70. The highest BCUT2D eigenvalue weighted by molar-refractivity contribution is 7.25. The first-order valence-corrected chi connectivity index (χ1v) is 19.0. The molecule has 0 amide bonds. The van der Waals surface area contributed by atoms with Crippen LogP contribution >= 0.6 is 11.3 Å². The van der Waals surface area contributed by atoms with Gasteiger partial charge < -0.3 is 4.42 Å². The van der Waals surface area contributed by atoms with Crippen LogP contribution in [0.4, 0.5) is 0 Å². The summed E-state index contributed by atoms with van der Waals surface area (Å²) in [5, 5.41) is 2.54. The van der Waals surface area contributed by atoms with Crippen molar-refractivity contribution in [2.75, 3.05) is 0 Å². The van der Waals surface area contributed by atoms with Crippen LogP contribution < -0.4 is 0 Å². The van der Waals surface area contributed by atoms with Crippen molar-refractivity contribution >= 4 is 53.4 Å². The first-order valence-electron chi connectivity index (χ1n) is 21.2. The lowest BCUT2D eigenvalue weighted by atomic mass is 9.99. The molecule has 0 saturated heterocycles. The maximum Gasteiger partial charge on any atom is 0.164 e. The molecule has 0 bridgehead atoms. The number of rotatable bonds is 6. The second-order valence-electron chi connectivity index (χ2n) is 13.5. The maximum atomic E-state index is 9.58. The minimum Gasteiger partial charge on any atom is -0.455 e. The van der Waals surface area contributed by atoms with Gasteiger partial charge in [-0.2, -0.15) is 0 Å². The first kappa shape index (κ1) is 26.5. The highest BCUT2D eigenvalue weighted by Crippen LogP contribution is 2.41. The van der Waals surface area contributed by atoms with E-state index in [0.717, 1.165) is 55.5 Å². The van der Waals surface area contributed by atoms with E-state index < -0.39 is 0 Å². The van der Waals surface area contributed by atoms with Crippen LogP contribution in [0.25, 0.3) is 110 Å². The Hall–Kier alpha value is -7.21. The molecule has 0 aliphatic rings. The van der Waals surface area contributed by atoms with Crippen LogP contribution in [0.1, 0.15) is 8.22 Å². The molecule has 3 aromatic heterocycles. The second kappa shape index (κ2) is 13.3. The highest BCUT2D eigenvalue weighted by atomic mass is 32.1. The van der Waals surface area contributed by atoms with Gasteiger partial charge in [-0.05, 0) is 46.4 Å². The molecule has 0 unspecified atom stereocenters. The molecule has 8 aromatic carbocycles. The molecule has 56 heavy (non-hydrogen) atoms. The van der Waals surface area contributed by atoms with Crippen LogP contribution in [-0.4, -0.2) is 15.0 Å². The van der Waals surface area contributed by atoms with E-state index in [-0.39, 0.29) is 64.0 Å². The molecule has 0 N–H and O–H groups in total. The first-order chi connectivity index (χ1) is 30.3. The van der Waals surface area contributed by atoms with Crippen molar-refractivity contribution in [1.82, 2.24) is 15.0 Å². The number of furan rings is 1. The topological polar surface area (TPSA) is 51.8 Å². The zero-order valence-electron chi connectivity index (χ0n) is 35.6. The summed E-state index contributed by atoms with van der Waals surface area (Å²) in [5.74, 6) is 0.700. The number of para-hydroxylation sites is 2. The van der Waals surface area contributed by atoms with Gasteiger partial charge in [0.1, 0.15) is 11.2 Å². The average Bonchev–Trinajstić information content (AvgIpc) is 3.92. The summed E-state index contributed by atoms with van der Waals surface area (Å²) >= 11 is 1.08. The number of hydrogen-bond acceptors (Lipinski definition) is 5. The minimum atomic E-state index is -0.277. The van der Waals surface area contributed by atoms with Crippen molar-refractivity contribution < 1.29 is 12.6 Å². The molecule has 0 aliphatic heterocycles. The Morgan fingerprint density at radius 2 is 0.911 bits per heavy atom. The smallest absolute Gasteiger partial charge is 0.164 e. The molecule has 3 heterocycles. The van der Waals surface area contributed by atoms with Gasteiger partial charge in [0.2, 0.25) is 0 Å². The number of thiophene rings is 1. The van der Waals surface area contributed by atoms with Gasteiger partial charge in [-0.15, -0.1) is 11.3 Å². The predicted molar refractivity (Wildman–Crippen MR) is 233 cm³/mol. The van der Waals surface area contributed by atoms with E-state index in [1.165, 1.54) is 0 Å². The van der Waals surface area contributed by atoms with Crippen molar-refractivity contribution in [1.29, 1.82) is 0 Å². The Morgan fingerprint density at radius 1 is 0.375 bits per heavy atom. The zero-order chi connectivity index (χ0) is 42.2. The molecule has 0 spiro atoms. The Bertz CT molecular complexity index is 3590. The summed E-state index contributed by atoms with van der Waals surface area (Å²) < 4.78 is 62.8. The average molecular weight is 740 g/mol. The summed E-state index contributed by atoms with van der Waals surface area (Å²) in [7, 11) is 0. The normalized spacial score (nSPS) is 13.1. The van der Waals surface area contributed by atoms with Crippen LogP contribution in [0.2, 0.25) is 0 Å². The SMILES string of the molecule is [2H]c1c(-c2ccccc2)c([2H])c2c(sc3c([2H])c(-c4nc(-c5ccccc5)nc(-c5cccc(-c6cccc7c6oc6c(-c8ccccc8)cccc67)c5)n4)c([2H])c([2H])c32)c1[2H]. The lowest BCUT2D eigenvalue weighted by Crippen LogP contribution is -2.00. The fourth-order valence-electron chi connectivity index (χ4n) is 7.30. The molecular weight excluding hydrogens is 703 g/mol. The Labute approximate surface area is 335 Å². The predicted octanol–water partition coefficient (Wildman–Crippen LogP) is 14.1. The van der Waals surface area contributed by atoms with Gasteiger partial charge in [0.25, 0.3) is 0 Å². The van der Waals surface area contributed by atoms with Crippen LogP contribution in [-0.2, 0) is 0 Å². The molecule has 5 heteroatoms. The molecule has 0 radical (unpaired) electrons. The van der Waals surface area contributed by atoms with Crippen molar-refractivity contribution in [3.05, 3.63) is 188 Å². The third kappa shape index (κ3) is 5.56. The van der Waals surface area contributed by atoms with Gasteiger partial charge in [-0.1, -0.05) is 164 Å². The summed E-state index contributed by atoms with van der Waals surface area (Å²) in [6.07, 6.45) is 0. The molecule has 262 valence electrons. The second-order valence-corrected chi connectivity index (χ2v) is 14.5. The maximum absolute atomic E-state index is 9.58. The molecule has 11 rings (SSSR count). The van der Waals surface area contributed by atoms with E-state index >= 15 is 0 Å². The van der Waals surface area contributed by atoms with Gasteiger partial charge in [0, 0.05) is 58.8 Å². The molecule has 0 atom stereocenters. The number of hydrogen-bond donors (Lipinski definition) is 0. The van der Waals surface area contributed by atoms with E-state index in [4.69, 9.17) is 22.1 Å². The van der Waals surface area contributed by atoms with Gasteiger partial charge in [-0.25, -0.2) is 15.0 Å². The van der Waals surface area contributed by atoms with Crippen LogP contribution in [0.15, 0.2) is 192 Å². The van der Waals surface area contributed by atoms with Gasteiger partial charge in [0.15, 0.2) is 17.5 Å². The van der Waals surface area contributed by atoms with E-state index in [9.17, 15) is 5.48 Å². The number of nitrogens with zero attached hydrogens (tertiary/aromatic N) is 3. The van der Waals surface area contributed by atoms with E-state index in [1.807, 2.05) is 103 Å². The number of aromatic nitrogens is 3. The molecule has 0 fully saturated rings. The summed E-state index contributed by atoms with van der Waals surface area (Å²) in [6, 6.07) is 48.1. The molecule has 11 aromatic rings. The lowest BCUT2D eigenvalue weighted by Gasteiger charge is -2.10. The molecule has 0 aliphatic carbocycles. The standard InChI is InChI=1S/C51H31N3OS/c1-4-13-32(14-5-1)35-26-28-45-44(30-35)41-27-25-38(31-46(41)56-45)51-53-49(34-17-8-3-9-18-34)52-50(54-51)37-20-10-19-36(29-37)40-22-12-24-43-42-23-11-21-39(47(42)55-48(40)43)33-15-6-2-7-16-33/h1-31H/i25D,26D,27D,28D,30D,31D. The van der Waals surface area contributed by atoms with Crippen molar-refractivity contribution in [2.45, 2.75) is 0 Å². The van der Waals surface area contributed by atoms with Crippen LogP contribution in [0, 0.1) is 0 Å². The highest BCUT2D eigenvalue weighted by Gasteiger charge is 2.18. The van der Waals surface area contributed by atoms with Crippen LogP contribution in [0.5, 0.6) is 0 Å². The third-order valence-corrected chi connectivity index (χ3v) is 11.0. The van der Waals surface area contributed by atoms with Gasteiger partial charge in [-0.3, -0.25) is 0 Å². The van der Waals surface area contributed by atoms with E-state index in [1.54, 1.807) is 12.1 Å². The number of fused-ring (bicyclic) bond motifs is 6. The van der Waals surface area contributed by atoms with E-state index in [2.05, 4.69) is 36.4 Å². The Kier molecular flexibility index (Phi) is 6.29. The Balaban J connectivity index is 1.10. The lowest BCUT2D eigenvalue weighted by molar-refractivity contribution is 0.671. The zero-order valence-corrected chi connectivity index (χ0v) is 30.4. The summed E-state index contributed by atoms with van der Waals surface area (Å²) in [4.78, 5) is 14.7.